The van der Waals surface area contributed by atoms with Gasteiger partial charge in [-0.25, -0.2) is 0 Å². The first-order chi connectivity index (χ1) is 11.3. The van der Waals surface area contributed by atoms with Gasteiger partial charge in [0.2, 0.25) is 0 Å². The van der Waals surface area contributed by atoms with E-state index < -0.39 is 17.0 Å². The molecule has 0 aromatic carbocycles. The minimum Gasteiger partial charge on any atom is -0.345 e. The van der Waals surface area contributed by atoms with E-state index in [2.05, 4.69) is 10.3 Å². The van der Waals surface area contributed by atoms with Gasteiger partial charge in [-0.05, 0) is 30.7 Å². The second kappa shape index (κ2) is 5.84. The summed E-state index contributed by atoms with van der Waals surface area (Å²) in [5, 5.41) is 2.94. The lowest BCUT2D eigenvalue weighted by Crippen LogP contribution is -2.52. The molecule has 4 N–H and O–H groups in total. The third-order valence-electron chi connectivity index (χ3n) is 5.29. The number of nitrogens with one attached hydrogen (secondary N) is 2. The molecule has 1 aromatic rings. The molecule has 3 rings (SSSR count). The first kappa shape index (κ1) is 16.9. The summed E-state index contributed by atoms with van der Waals surface area (Å²) < 4.78 is 0. The summed E-state index contributed by atoms with van der Waals surface area (Å²) in [5.41, 5.74) is 5.90. The number of pyridine rings is 1. The minimum absolute atomic E-state index is 0.00142. The van der Waals surface area contributed by atoms with Gasteiger partial charge >= 0.3 is 0 Å². The van der Waals surface area contributed by atoms with Crippen LogP contribution in [-0.2, 0) is 6.42 Å². The van der Waals surface area contributed by atoms with Gasteiger partial charge < -0.3 is 16.0 Å². The van der Waals surface area contributed by atoms with Crippen LogP contribution in [0.1, 0.15) is 72.4 Å². The fraction of sp³-hybridized carbons (Fsp3) is 0.611. The highest BCUT2D eigenvalue weighted by Crippen LogP contribution is 2.33. The predicted octanol–water partition coefficient (Wildman–Crippen LogP) is 1.53. The maximum absolute atomic E-state index is 12.6. The van der Waals surface area contributed by atoms with Crippen LogP contribution < -0.4 is 16.6 Å². The summed E-state index contributed by atoms with van der Waals surface area (Å²) in [6.45, 7) is 4.35. The van der Waals surface area contributed by atoms with E-state index in [0.29, 0.717) is 30.6 Å². The molecule has 2 aliphatic rings. The molecule has 130 valence electrons. The topological polar surface area (TPSA) is 105 Å². The third kappa shape index (κ3) is 3.02. The Bertz CT molecular complexity index is 742. The van der Waals surface area contributed by atoms with Crippen molar-refractivity contribution in [3.05, 3.63) is 33.2 Å². The Morgan fingerprint density at radius 3 is 2.54 bits per heavy atom. The Balaban J connectivity index is 1.92. The van der Waals surface area contributed by atoms with Gasteiger partial charge in [0.25, 0.3) is 11.5 Å². The highest BCUT2D eigenvalue weighted by Gasteiger charge is 2.36. The third-order valence-corrected chi connectivity index (χ3v) is 5.29. The molecule has 0 unspecified atom stereocenters. The number of aromatic nitrogens is 1. The van der Waals surface area contributed by atoms with Gasteiger partial charge in [-0.3, -0.25) is 14.4 Å². The number of Topliss-reactive ketones (excluding diaryl/α,β-unsaturated/α-hetero) is 1. The van der Waals surface area contributed by atoms with Crippen molar-refractivity contribution in [1.82, 2.24) is 10.3 Å². The van der Waals surface area contributed by atoms with E-state index in [1.165, 1.54) is 6.07 Å². The van der Waals surface area contributed by atoms with Crippen molar-refractivity contribution in [1.29, 1.82) is 0 Å². The lowest BCUT2D eigenvalue weighted by atomic mass is 9.75. The van der Waals surface area contributed by atoms with Crippen molar-refractivity contribution in [2.24, 2.45) is 11.1 Å². The van der Waals surface area contributed by atoms with Crippen LogP contribution in [0.3, 0.4) is 0 Å². The fourth-order valence-corrected chi connectivity index (χ4v) is 3.94. The number of ketones is 1. The monoisotopic (exact) mass is 331 g/mol. The maximum Gasteiger partial charge on any atom is 0.261 e. The molecule has 0 radical (unpaired) electrons. The van der Waals surface area contributed by atoms with E-state index in [-0.39, 0.29) is 16.8 Å². The molecule has 24 heavy (non-hydrogen) atoms. The molecule has 0 bridgehead atoms. The van der Waals surface area contributed by atoms with Crippen LogP contribution in [0.4, 0.5) is 0 Å². The second-order valence-electron chi connectivity index (χ2n) is 7.99. The van der Waals surface area contributed by atoms with Crippen LogP contribution in [0.25, 0.3) is 0 Å². The number of carbonyl (C=O) groups excluding carboxylic acids is 2. The maximum atomic E-state index is 12.6. The van der Waals surface area contributed by atoms with E-state index >= 15 is 0 Å². The summed E-state index contributed by atoms with van der Waals surface area (Å²) in [5.74, 6) is -0.468. The van der Waals surface area contributed by atoms with E-state index in [4.69, 9.17) is 5.73 Å². The zero-order valence-electron chi connectivity index (χ0n) is 14.3. The smallest absolute Gasteiger partial charge is 0.261 e. The zero-order valence-corrected chi connectivity index (χ0v) is 14.3. The summed E-state index contributed by atoms with van der Waals surface area (Å²) in [7, 11) is 0. The van der Waals surface area contributed by atoms with Gasteiger partial charge in [0.1, 0.15) is 5.56 Å². The van der Waals surface area contributed by atoms with Gasteiger partial charge in [0.15, 0.2) is 5.78 Å². The number of aromatic amines is 1. The fourth-order valence-electron chi connectivity index (χ4n) is 3.94. The average Bonchev–Trinajstić information content (AvgIpc) is 2.94. The number of rotatable bonds is 3. The van der Waals surface area contributed by atoms with Gasteiger partial charge in [0, 0.05) is 24.2 Å². The molecule has 0 aliphatic heterocycles. The van der Waals surface area contributed by atoms with E-state index in [9.17, 15) is 14.4 Å². The van der Waals surface area contributed by atoms with E-state index in [1.807, 2.05) is 13.8 Å². The van der Waals surface area contributed by atoms with E-state index in [1.54, 1.807) is 0 Å². The van der Waals surface area contributed by atoms with Crippen LogP contribution in [0.5, 0.6) is 0 Å². The first-order valence-corrected chi connectivity index (χ1v) is 8.57. The van der Waals surface area contributed by atoms with Crippen molar-refractivity contribution in [2.75, 3.05) is 6.54 Å². The number of nitrogens with two attached hydrogens (primary N) is 1. The van der Waals surface area contributed by atoms with Crippen LogP contribution in [0.15, 0.2) is 10.9 Å². The molecular formula is C18H25N3O3. The largest absolute Gasteiger partial charge is 0.345 e. The molecule has 0 atom stereocenters. The van der Waals surface area contributed by atoms with Gasteiger partial charge in [0.05, 0.1) is 5.54 Å². The lowest BCUT2D eigenvalue weighted by molar-refractivity contribution is 0.0901. The number of hydrogen-bond acceptors (Lipinski definition) is 4. The number of hydrogen-bond donors (Lipinski definition) is 3. The Morgan fingerprint density at radius 2 is 1.92 bits per heavy atom. The summed E-state index contributed by atoms with van der Waals surface area (Å²) in [6.07, 6.45) is 4.73. The van der Waals surface area contributed by atoms with Crippen LogP contribution in [0, 0.1) is 5.41 Å². The van der Waals surface area contributed by atoms with Gasteiger partial charge in [-0.2, -0.15) is 0 Å². The highest BCUT2D eigenvalue weighted by atomic mass is 16.2. The SMILES string of the molecule is CC1(C)CC(=O)c2cc(C(=O)NC3(CN)CCCC3)c(=O)[nH]c2C1. The molecule has 2 aliphatic carbocycles. The molecule has 0 saturated heterocycles. The highest BCUT2D eigenvalue weighted by molar-refractivity contribution is 6.02. The minimum atomic E-state index is -0.443. The van der Waals surface area contributed by atoms with Crippen LogP contribution in [0.2, 0.25) is 0 Å². The molecule has 1 amide bonds. The number of carbonyl (C=O) groups is 2. The standard InChI is InChI=1S/C18H25N3O3/c1-17(2)8-13-11(14(22)9-17)7-12(15(23)20-13)16(24)21-18(10-19)5-3-4-6-18/h7H,3-6,8-10,19H2,1-2H3,(H,20,23)(H,21,24). The Kier molecular flexibility index (Phi) is 4.11. The average molecular weight is 331 g/mol. The number of amides is 1. The number of H-pyrrole nitrogens is 1. The van der Waals surface area contributed by atoms with Crippen LogP contribution >= 0.6 is 0 Å². The molecule has 6 nitrogen and oxygen atoms in total. The normalized spacial score (nSPS) is 21.4. The molecule has 1 fully saturated rings. The molecule has 0 spiro atoms. The number of fused-ring (bicyclic) bond motifs is 1. The Morgan fingerprint density at radius 1 is 1.25 bits per heavy atom. The van der Waals surface area contributed by atoms with Crippen molar-refractivity contribution in [3.8, 4) is 0 Å². The molecule has 1 heterocycles. The lowest BCUT2D eigenvalue weighted by Gasteiger charge is -2.30. The van der Waals surface area contributed by atoms with Crippen molar-refractivity contribution in [2.45, 2.75) is 57.9 Å². The zero-order chi connectivity index (χ0) is 17.5. The van der Waals surface area contributed by atoms with Gasteiger partial charge in [-0.1, -0.05) is 26.7 Å². The summed E-state index contributed by atoms with van der Waals surface area (Å²) in [6, 6.07) is 1.46. The first-order valence-electron chi connectivity index (χ1n) is 8.57. The van der Waals surface area contributed by atoms with Gasteiger partial charge in [-0.15, -0.1) is 0 Å². The summed E-state index contributed by atoms with van der Waals surface area (Å²) >= 11 is 0. The molecule has 6 heteroatoms. The second-order valence-corrected chi connectivity index (χ2v) is 7.99. The van der Waals surface area contributed by atoms with Crippen molar-refractivity contribution < 1.29 is 9.59 Å². The van der Waals surface area contributed by atoms with Crippen molar-refractivity contribution >= 4 is 11.7 Å². The molecule has 1 aromatic heterocycles. The van der Waals surface area contributed by atoms with Crippen LogP contribution in [-0.4, -0.2) is 28.8 Å². The molecular weight excluding hydrogens is 306 g/mol. The van der Waals surface area contributed by atoms with Crippen molar-refractivity contribution in [3.63, 3.8) is 0 Å². The predicted molar refractivity (Wildman–Crippen MR) is 91.2 cm³/mol. The Hall–Kier alpha value is -1.95. The molecule has 1 saturated carbocycles. The Labute approximate surface area is 141 Å². The summed E-state index contributed by atoms with van der Waals surface area (Å²) in [4.78, 5) is 40.1. The quantitative estimate of drug-likeness (QED) is 0.781. The van der Waals surface area contributed by atoms with E-state index in [0.717, 1.165) is 25.7 Å².